The lowest BCUT2D eigenvalue weighted by Gasteiger charge is -2.28. The Morgan fingerprint density at radius 1 is 1.28 bits per heavy atom. The molecule has 0 spiro atoms. The van der Waals surface area contributed by atoms with Gasteiger partial charge in [-0.05, 0) is 24.6 Å². The lowest BCUT2D eigenvalue weighted by atomic mass is 10.0. The van der Waals surface area contributed by atoms with E-state index in [4.69, 9.17) is 4.74 Å². The van der Waals surface area contributed by atoms with Crippen LogP contribution in [-0.4, -0.2) is 38.4 Å². The van der Waals surface area contributed by atoms with E-state index >= 15 is 0 Å². The minimum absolute atomic E-state index is 0.382. The first kappa shape index (κ1) is 17.3. The van der Waals surface area contributed by atoms with Crippen molar-refractivity contribution in [1.82, 2.24) is 0 Å². The SMILES string of the molecule is C=CCc1cc(OC)cc(C[NH+]2CCN(c3cccc[nH+]3)CC2)c1O. The van der Waals surface area contributed by atoms with Crippen molar-refractivity contribution in [3.63, 3.8) is 0 Å². The van der Waals surface area contributed by atoms with Crippen molar-refractivity contribution in [1.29, 1.82) is 0 Å². The molecule has 25 heavy (non-hydrogen) atoms. The number of aromatic nitrogens is 1. The van der Waals surface area contributed by atoms with Crippen molar-refractivity contribution in [2.24, 2.45) is 0 Å². The number of piperazine rings is 1. The van der Waals surface area contributed by atoms with E-state index in [9.17, 15) is 5.11 Å². The van der Waals surface area contributed by atoms with E-state index in [1.807, 2.05) is 24.4 Å². The van der Waals surface area contributed by atoms with Gasteiger partial charge in [0.1, 0.15) is 44.2 Å². The summed E-state index contributed by atoms with van der Waals surface area (Å²) in [7, 11) is 1.66. The van der Waals surface area contributed by atoms with Crippen LogP contribution in [0.2, 0.25) is 0 Å². The summed E-state index contributed by atoms with van der Waals surface area (Å²) < 4.78 is 5.39. The molecule has 0 bridgehead atoms. The molecule has 1 saturated heterocycles. The van der Waals surface area contributed by atoms with E-state index in [-0.39, 0.29) is 0 Å². The van der Waals surface area contributed by atoms with Crippen LogP contribution in [0, 0.1) is 0 Å². The summed E-state index contributed by atoms with van der Waals surface area (Å²) in [5.41, 5.74) is 1.83. The number of aromatic hydroxyl groups is 1. The highest BCUT2D eigenvalue weighted by atomic mass is 16.5. The van der Waals surface area contributed by atoms with E-state index < -0.39 is 0 Å². The van der Waals surface area contributed by atoms with Crippen molar-refractivity contribution in [3.05, 3.63) is 60.3 Å². The molecule has 132 valence electrons. The molecular weight excluding hydrogens is 314 g/mol. The molecule has 0 radical (unpaired) electrons. The number of quaternary nitrogens is 1. The Hall–Kier alpha value is -2.53. The maximum atomic E-state index is 10.6. The summed E-state index contributed by atoms with van der Waals surface area (Å²) in [5, 5.41) is 10.6. The second kappa shape index (κ2) is 8.03. The summed E-state index contributed by atoms with van der Waals surface area (Å²) >= 11 is 0. The first-order chi connectivity index (χ1) is 12.2. The molecule has 2 aromatic rings. The number of allylic oxidation sites excluding steroid dienone is 1. The second-order valence-electron chi connectivity index (χ2n) is 6.45. The molecule has 0 unspecified atom stereocenters. The predicted molar refractivity (Wildman–Crippen MR) is 98.2 cm³/mol. The lowest BCUT2D eigenvalue weighted by Crippen LogP contribution is -3.13. The Labute approximate surface area is 149 Å². The molecule has 5 heteroatoms. The zero-order chi connectivity index (χ0) is 17.6. The normalized spacial score (nSPS) is 15.2. The number of nitrogens with zero attached hydrogens (tertiary/aromatic N) is 1. The molecule has 1 aliphatic heterocycles. The Balaban J connectivity index is 1.67. The maximum Gasteiger partial charge on any atom is 0.274 e. The van der Waals surface area contributed by atoms with Crippen LogP contribution in [0.1, 0.15) is 11.1 Å². The molecule has 0 amide bonds. The van der Waals surface area contributed by atoms with Gasteiger partial charge in [0.05, 0.1) is 18.9 Å². The molecular formula is C20H27N3O2+2. The number of pyridine rings is 1. The highest BCUT2D eigenvalue weighted by molar-refractivity contribution is 5.46. The summed E-state index contributed by atoms with van der Waals surface area (Å²) in [4.78, 5) is 7.14. The maximum absolute atomic E-state index is 10.6. The monoisotopic (exact) mass is 341 g/mol. The van der Waals surface area contributed by atoms with Crippen LogP contribution in [0.4, 0.5) is 5.82 Å². The standard InChI is InChI=1S/C20H25N3O2/c1-3-6-16-13-18(25-2)14-17(20(16)24)15-22-9-11-23(12-10-22)19-7-4-5-8-21-19/h3-5,7-8,13-14,24H,1,6,9-12,15H2,2H3/p+2. The average Bonchev–Trinajstić information content (AvgIpc) is 2.66. The number of phenolic OH excluding ortho intramolecular Hbond substituents is 1. The van der Waals surface area contributed by atoms with Crippen LogP contribution in [-0.2, 0) is 13.0 Å². The van der Waals surface area contributed by atoms with E-state index in [1.54, 1.807) is 13.2 Å². The van der Waals surface area contributed by atoms with Gasteiger partial charge < -0.3 is 14.7 Å². The molecule has 0 aliphatic carbocycles. The molecule has 1 aromatic heterocycles. The van der Waals surface area contributed by atoms with Gasteiger partial charge in [0.2, 0.25) is 0 Å². The third kappa shape index (κ3) is 4.12. The number of ether oxygens (including phenoxy) is 1. The summed E-state index contributed by atoms with van der Waals surface area (Å²) in [5.74, 6) is 2.34. The number of hydrogen-bond donors (Lipinski definition) is 2. The molecule has 0 atom stereocenters. The van der Waals surface area contributed by atoms with E-state index in [2.05, 4.69) is 28.6 Å². The van der Waals surface area contributed by atoms with Crippen molar-refractivity contribution < 1.29 is 19.7 Å². The predicted octanol–water partition coefficient (Wildman–Crippen LogP) is 0.848. The van der Waals surface area contributed by atoms with Crippen LogP contribution < -0.4 is 19.5 Å². The number of rotatable bonds is 6. The van der Waals surface area contributed by atoms with Crippen LogP contribution in [0.3, 0.4) is 0 Å². The highest BCUT2D eigenvalue weighted by Gasteiger charge is 2.26. The van der Waals surface area contributed by atoms with Gasteiger partial charge in [-0.2, -0.15) is 0 Å². The van der Waals surface area contributed by atoms with Crippen molar-refractivity contribution in [2.75, 3.05) is 38.2 Å². The Morgan fingerprint density at radius 2 is 2.04 bits per heavy atom. The van der Waals surface area contributed by atoms with Gasteiger partial charge >= 0.3 is 0 Å². The first-order valence-corrected chi connectivity index (χ1v) is 8.76. The van der Waals surface area contributed by atoms with Gasteiger partial charge in [-0.25, -0.2) is 4.98 Å². The molecule has 0 saturated carbocycles. The number of phenols is 1. The number of aromatic amines is 1. The highest BCUT2D eigenvalue weighted by Crippen LogP contribution is 2.28. The molecule has 1 aliphatic rings. The number of anilines is 1. The molecule has 3 rings (SSSR count). The Morgan fingerprint density at radius 3 is 2.68 bits per heavy atom. The van der Waals surface area contributed by atoms with Gasteiger partial charge in [-0.15, -0.1) is 6.58 Å². The van der Waals surface area contributed by atoms with Gasteiger partial charge in [0.15, 0.2) is 0 Å². The number of benzene rings is 1. The first-order valence-electron chi connectivity index (χ1n) is 8.76. The number of methoxy groups -OCH3 is 1. The van der Waals surface area contributed by atoms with E-state index in [1.165, 1.54) is 10.7 Å². The van der Waals surface area contributed by atoms with E-state index in [0.717, 1.165) is 49.6 Å². The topological polar surface area (TPSA) is 51.3 Å². The minimum atomic E-state index is 0.382. The lowest BCUT2D eigenvalue weighted by molar-refractivity contribution is -0.914. The summed E-state index contributed by atoms with van der Waals surface area (Å²) in [6, 6.07) is 10.0. The van der Waals surface area contributed by atoms with Crippen molar-refractivity contribution >= 4 is 5.82 Å². The molecule has 1 fully saturated rings. The van der Waals surface area contributed by atoms with Crippen molar-refractivity contribution in [2.45, 2.75) is 13.0 Å². The zero-order valence-electron chi connectivity index (χ0n) is 14.8. The smallest absolute Gasteiger partial charge is 0.274 e. The number of H-pyrrole nitrogens is 1. The fourth-order valence-electron chi connectivity index (χ4n) is 3.38. The molecule has 1 aromatic carbocycles. The van der Waals surface area contributed by atoms with Crippen molar-refractivity contribution in [3.8, 4) is 11.5 Å². The van der Waals surface area contributed by atoms with Crippen LogP contribution in [0.15, 0.2) is 49.2 Å². The zero-order valence-corrected chi connectivity index (χ0v) is 14.8. The molecule has 2 heterocycles. The van der Waals surface area contributed by atoms with Gasteiger partial charge in [-0.1, -0.05) is 12.1 Å². The largest absolute Gasteiger partial charge is 0.507 e. The Kier molecular flexibility index (Phi) is 5.56. The summed E-state index contributed by atoms with van der Waals surface area (Å²) in [6.45, 7) is 8.65. The van der Waals surface area contributed by atoms with Gasteiger partial charge in [0, 0.05) is 11.6 Å². The van der Waals surface area contributed by atoms with Crippen LogP contribution >= 0.6 is 0 Å². The van der Waals surface area contributed by atoms with Gasteiger partial charge in [0.25, 0.3) is 5.82 Å². The average molecular weight is 341 g/mol. The number of hydrogen-bond acceptors (Lipinski definition) is 3. The third-order valence-electron chi connectivity index (χ3n) is 4.79. The van der Waals surface area contributed by atoms with Crippen LogP contribution in [0.5, 0.6) is 11.5 Å². The summed E-state index contributed by atoms with van der Waals surface area (Å²) in [6.07, 6.45) is 4.41. The molecule has 5 nitrogen and oxygen atoms in total. The minimum Gasteiger partial charge on any atom is -0.507 e. The third-order valence-corrected chi connectivity index (χ3v) is 4.79. The fourth-order valence-corrected chi connectivity index (χ4v) is 3.38. The second-order valence-corrected chi connectivity index (χ2v) is 6.45. The Bertz CT molecular complexity index is 710. The van der Waals surface area contributed by atoms with Crippen LogP contribution in [0.25, 0.3) is 0 Å². The molecule has 3 N–H and O–H groups in total. The fraction of sp³-hybridized carbons (Fsp3) is 0.350. The van der Waals surface area contributed by atoms with E-state index in [0.29, 0.717) is 12.2 Å². The quantitative estimate of drug-likeness (QED) is 0.766. The van der Waals surface area contributed by atoms with Gasteiger partial charge in [-0.3, -0.25) is 4.90 Å². The number of nitrogens with one attached hydrogen (secondary N) is 2.